The van der Waals surface area contributed by atoms with Gasteiger partial charge in [0.1, 0.15) is 0 Å². The van der Waals surface area contributed by atoms with Crippen LogP contribution >= 0.6 is 11.6 Å². The summed E-state index contributed by atoms with van der Waals surface area (Å²) < 4.78 is 0. The summed E-state index contributed by atoms with van der Waals surface area (Å²) in [5.41, 5.74) is 4.85. The second kappa shape index (κ2) is 3.83. The van der Waals surface area contributed by atoms with Gasteiger partial charge in [-0.2, -0.15) is 5.10 Å². The minimum atomic E-state index is 0.689. The first kappa shape index (κ1) is 10.6. The summed E-state index contributed by atoms with van der Waals surface area (Å²) in [5.74, 6) is 0. The molecule has 0 aliphatic carbocycles. The SMILES string of the molecule is Clc1c(-c2ccc3nc[nH]c3c2)ccc2cn[nH]c12. The molecule has 0 saturated carbocycles. The zero-order valence-electron chi connectivity index (χ0n) is 9.81. The van der Waals surface area contributed by atoms with Crippen molar-refractivity contribution in [3.63, 3.8) is 0 Å². The molecule has 0 saturated heterocycles. The van der Waals surface area contributed by atoms with E-state index in [0.29, 0.717) is 5.02 Å². The van der Waals surface area contributed by atoms with Gasteiger partial charge in [-0.15, -0.1) is 0 Å². The van der Waals surface area contributed by atoms with Crippen molar-refractivity contribution in [3.8, 4) is 11.1 Å². The van der Waals surface area contributed by atoms with Crippen molar-refractivity contribution >= 4 is 33.5 Å². The number of nitrogens with zero attached hydrogens (tertiary/aromatic N) is 2. The average molecular weight is 269 g/mol. The van der Waals surface area contributed by atoms with Gasteiger partial charge in [0.15, 0.2) is 0 Å². The van der Waals surface area contributed by atoms with Gasteiger partial charge in [0.2, 0.25) is 0 Å². The Morgan fingerprint density at radius 1 is 1.11 bits per heavy atom. The number of fused-ring (bicyclic) bond motifs is 2. The van der Waals surface area contributed by atoms with Gasteiger partial charge < -0.3 is 4.98 Å². The molecule has 4 rings (SSSR count). The molecule has 0 atom stereocenters. The van der Waals surface area contributed by atoms with Gasteiger partial charge in [-0.1, -0.05) is 29.8 Å². The minimum Gasteiger partial charge on any atom is -0.345 e. The fraction of sp³-hybridized carbons (Fsp3) is 0. The van der Waals surface area contributed by atoms with E-state index in [-0.39, 0.29) is 0 Å². The third-order valence-electron chi connectivity index (χ3n) is 3.29. The standard InChI is InChI=1S/C14H9ClN4/c15-13-10(3-1-9-6-18-19-14(9)13)8-2-4-11-12(5-8)17-7-16-11/h1-7H,(H,16,17)(H,18,19). The number of halogens is 1. The summed E-state index contributed by atoms with van der Waals surface area (Å²) in [6.45, 7) is 0. The molecule has 4 aromatic rings. The van der Waals surface area contributed by atoms with E-state index >= 15 is 0 Å². The van der Waals surface area contributed by atoms with Crippen molar-refractivity contribution in [2.75, 3.05) is 0 Å². The highest BCUT2D eigenvalue weighted by Gasteiger charge is 2.09. The van der Waals surface area contributed by atoms with E-state index < -0.39 is 0 Å². The van der Waals surface area contributed by atoms with Crippen LogP contribution in [0, 0.1) is 0 Å². The Morgan fingerprint density at radius 3 is 3.00 bits per heavy atom. The lowest BCUT2D eigenvalue weighted by Gasteiger charge is -2.05. The molecule has 0 bridgehead atoms. The molecule has 0 fully saturated rings. The molecule has 0 amide bonds. The minimum absolute atomic E-state index is 0.689. The Hall–Kier alpha value is -2.33. The number of imidazole rings is 1. The number of benzene rings is 2. The van der Waals surface area contributed by atoms with Crippen molar-refractivity contribution < 1.29 is 0 Å². The zero-order valence-corrected chi connectivity index (χ0v) is 10.6. The van der Waals surface area contributed by atoms with Gasteiger partial charge >= 0.3 is 0 Å². The molecule has 0 aliphatic rings. The molecule has 2 aromatic carbocycles. The van der Waals surface area contributed by atoms with Gasteiger partial charge in [0.25, 0.3) is 0 Å². The number of H-pyrrole nitrogens is 2. The Morgan fingerprint density at radius 2 is 2.05 bits per heavy atom. The van der Waals surface area contributed by atoms with E-state index in [1.165, 1.54) is 0 Å². The number of aromatic amines is 2. The molecule has 92 valence electrons. The van der Waals surface area contributed by atoms with Crippen molar-refractivity contribution in [2.45, 2.75) is 0 Å². The summed E-state index contributed by atoms with van der Waals surface area (Å²) in [4.78, 5) is 7.32. The third kappa shape index (κ3) is 1.54. The lowest BCUT2D eigenvalue weighted by Crippen LogP contribution is -1.82. The normalized spacial score (nSPS) is 11.4. The third-order valence-corrected chi connectivity index (χ3v) is 3.68. The van der Waals surface area contributed by atoms with Crippen LogP contribution in [0.4, 0.5) is 0 Å². The number of nitrogens with one attached hydrogen (secondary N) is 2. The van der Waals surface area contributed by atoms with Gasteiger partial charge in [0.05, 0.1) is 34.1 Å². The summed E-state index contributed by atoms with van der Waals surface area (Å²) in [7, 11) is 0. The van der Waals surface area contributed by atoms with Crippen molar-refractivity contribution in [2.24, 2.45) is 0 Å². The quantitative estimate of drug-likeness (QED) is 0.552. The first-order chi connectivity index (χ1) is 9.33. The average Bonchev–Trinajstić information content (AvgIpc) is 3.07. The Bertz CT molecular complexity index is 891. The summed E-state index contributed by atoms with van der Waals surface area (Å²) in [6.07, 6.45) is 3.46. The molecule has 19 heavy (non-hydrogen) atoms. The molecule has 0 unspecified atom stereocenters. The summed E-state index contributed by atoms with van der Waals surface area (Å²) in [6, 6.07) is 10.1. The van der Waals surface area contributed by atoms with Crippen LogP contribution in [0.15, 0.2) is 42.9 Å². The molecule has 2 N–H and O–H groups in total. The molecular formula is C14H9ClN4. The van der Waals surface area contributed by atoms with E-state index in [1.807, 2.05) is 30.3 Å². The van der Waals surface area contributed by atoms with Crippen LogP contribution in [0.25, 0.3) is 33.1 Å². The topological polar surface area (TPSA) is 57.4 Å². The Kier molecular flexibility index (Phi) is 2.13. The number of hydrogen-bond acceptors (Lipinski definition) is 2. The van der Waals surface area contributed by atoms with Crippen molar-refractivity contribution in [3.05, 3.63) is 47.9 Å². The molecule has 0 aliphatic heterocycles. The van der Waals surface area contributed by atoms with Crippen LogP contribution in [0.5, 0.6) is 0 Å². The van der Waals surface area contributed by atoms with E-state index in [4.69, 9.17) is 11.6 Å². The van der Waals surface area contributed by atoms with Crippen LogP contribution in [-0.2, 0) is 0 Å². The van der Waals surface area contributed by atoms with E-state index in [9.17, 15) is 0 Å². The summed E-state index contributed by atoms with van der Waals surface area (Å²) in [5, 5.41) is 8.64. The van der Waals surface area contributed by atoms with Crippen LogP contribution in [-0.4, -0.2) is 20.2 Å². The predicted octanol–water partition coefficient (Wildman–Crippen LogP) is 3.76. The zero-order chi connectivity index (χ0) is 12.8. The lowest BCUT2D eigenvalue weighted by molar-refractivity contribution is 1.12. The molecule has 0 spiro atoms. The first-order valence-corrected chi connectivity index (χ1v) is 6.26. The molecule has 0 radical (unpaired) electrons. The largest absolute Gasteiger partial charge is 0.345 e. The maximum Gasteiger partial charge on any atom is 0.0931 e. The Balaban J connectivity index is 1.99. The fourth-order valence-electron chi connectivity index (χ4n) is 2.30. The van der Waals surface area contributed by atoms with Gasteiger partial charge in [0, 0.05) is 10.9 Å². The second-order valence-corrected chi connectivity index (χ2v) is 4.77. The molecule has 2 heterocycles. The highest BCUT2D eigenvalue weighted by molar-refractivity contribution is 6.37. The van der Waals surface area contributed by atoms with E-state index in [2.05, 4.69) is 20.2 Å². The second-order valence-electron chi connectivity index (χ2n) is 4.40. The number of rotatable bonds is 1. The molecular weight excluding hydrogens is 260 g/mol. The van der Waals surface area contributed by atoms with Crippen LogP contribution < -0.4 is 0 Å². The number of aromatic nitrogens is 4. The van der Waals surface area contributed by atoms with Gasteiger partial charge in [-0.3, -0.25) is 5.10 Å². The molecule has 2 aromatic heterocycles. The molecule has 4 nitrogen and oxygen atoms in total. The van der Waals surface area contributed by atoms with Crippen molar-refractivity contribution in [1.82, 2.24) is 20.2 Å². The summed E-state index contributed by atoms with van der Waals surface area (Å²) >= 11 is 6.45. The predicted molar refractivity (Wildman–Crippen MR) is 76.2 cm³/mol. The number of hydrogen-bond donors (Lipinski definition) is 2. The highest BCUT2D eigenvalue weighted by Crippen LogP contribution is 2.34. The van der Waals surface area contributed by atoms with E-state index in [1.54, 1.807) is 12.5 Å². The highest BCUT2D eigenvalue weighted by atomic mass is 35.5. The van der Waals surface area contributed by atoms with Crippen LogP contribution in [0.3, 0.4) is 0 Å². The molecule has 5 heteroatoms. The van der Waals surface area contributed by atoms with E-state index in [0.717, 1.165) is 33.1 Å². The maximum absolute atomic E-state index is 6.45. The van der Waals surface area contributed by atoms with Gasteiger partial charge in [-0.05, 0) is 17.7 Å². The van der Waals surface area contributed by atoms with Crippen molar-refractivity contribution in [1.29, 1.82) is 0 Å². The Labute approximate surface area is 113 Å². The monoisotopic (exact) mass is 268 g/mol. The van der Waals surface area contributed by atoms with Crippen LogP contribution in [0.1, 0.15) is 0 Å². The smallest absolute Gasteiger partial charge is 0.0931 e. The lowest BCUT2D eigenvalue weighted by atomic mass is 10.0. The fourth-order valence-corrected chi connectivity index (χ4v) is 2.63. The first-order valence-electron chi connectivity index (χ1n) is 5.88. The van der Waals surface area contributed by atoms with Gasteiger partial charge in [-0.25, -0.2) is 4.98 Å². The van der Waals surface area contributed by atoms with Crippen LogP contribution in [0.2, 0.25) is 5.02 Å². The maximum atomic E-state index is 6.45.